The number of aryl methyl sites for hydroxylation is 3. The summed E-state index contributed by atoms with van der Waals surface area (Å²) in [5, 5.41) is 3.26. The Labute approximate surface area is 172 Å². The smallest absolute Gasteiger partial charge is 0.0242 e. The van der Waals surface area contributed by atoms with Gasteiger partial charge in [-0.3, -0.25) is 0 Å². The average molecular weight is 374 g/mol. The average Bonchev–Trinajstić information content (AvgIpc) is 2.71. The van der Waals surface area contributed by atoms with E-state index in [4.69, 9.17) is 6.42 Å². The van der Waals surface area contributed by atoms with Crippen LogP contribution < -0.4 is 5.32 Å². The lowest BCUT2D eigenvalue weighted by molar-refractivity contribution is 0.563. The summed E-state index contributed by atoms with van der Waals surface area (Å²) in [4.78, 5) is 0. The standard InChI is InChI=1S/C27H35N/c1-7-22-10-12-24(13-11-22)25(16-17-28-9-3)14-15-26-19-23(8-2)21(6)18-27(26)20(4)5/h1,9-13,18-20,25,28H,3,8,14-17H2,2,4-6H3. The van der Waals surface area contributed by atoms with E-state index in [1.54, 1.807) is 6.20 Å². The molecule has 0 aromatic heterocycles. The minimum Gasteiger partial charge on any atom is -0.391 e. The molecule has 28 heavy (non-hydrogen) atoms. The largest absolute Gasteiger partial charge is 0.391 e. The molecule has 0 amide bonds. The van der Waals surface area contributed by atoms with Crippen molar-refractivity contribution in [2.45, 2.75) is 65.2 Å². The van der Waals surface area contributed by atoms with E-state index in [0.717, 1.165) is 37.8 Å². The topological polar surface area (TPSA) is 12.0 Å². The van der Waals surface area contributed by atoms with Crippen molar-refractivity contribution in [3.8, 4) is 12.3 Å². The Balaban J connectivity index is 2.24. The minimum absolute atomic E-state index is 0.505. The molecule has 2 aromatic rings. The molecule has 0 saturated carbocycles. The number of nitrogens with one attached hydrogen (secondary N) is 1. The van der Waals surface area contributed by atoms with Crippen LogP contribution in [0.2, 0.25) is 0 Å². The first-order chi connectivity index (χ1) is 13.5. The van der Waals surface area contributed by atoms with Crippen LogP contribution in [0.15, 0.2) is 49.2 Å². The summed E-state index contributed by atoms with van der Waals surface area (Å²) in [5.74, 6) is 3.77. The first kappa shape index (κ1) is 21.8. The van der Waals surface area contributed by atoms with Crippen molar-refractivity contribution < 1.29 is 0 Å². The lowest BCUT2D eigenvalue weighted by atomic mass is 9.85. The quantitative estimate of drug-likeness (QED) is 0.370. The normalized spacial score (nSPS) is 11.9. The molecule has 0 saturated heterocycles. The monoisotopic (exact) mass is 373 g/mol. The van der Waals surface area contributed by atoms with Gasteiger partial charge in [-0.2, -0.15) is 0 Å². The van der Waals surface area contributed by atoms with Crippen LogP contribution in [0, 0.1) is 19.3 Å². The molecule has 0 aliphatic carbocycles. The van der Waals surface area contributed by atoms with E-state index in [9.17, 15) is 0 Å². The molecule has 2 aromatic carbocycles. The molecule has 1 N–H and O–H groups in total. The van der Waals surface area contributed by atoms with E-state index < -0.39 is 0 Å². The Morgan fingerprint density at radius 3 is 2.39 bits per heavy atom. The van der Waals surface area contributed by atoms with Gasteiger partial charge >= 0.3 is 0 Å². The minimum atomic E-state index is 0.505. The van der Waals surface area contributed by atoms with Crippen LogP contribution in [0.4, 0.5) is 0 Å². The van der Waals surface area contributed by atoms with Gasteiger partial charge in [-0.05, 0) is 90.6 Å². The van der Waals surface area contributed by atoms with Crippen molar-refractivity contribution in [2.24, 2.45) is 0 Å². The predicted molar refractivity (Wildman–Crippen MR) is 123 cm³/mol. The Morgan fingerprint density at radius 2 is 1.82 bits per heavy atom. The van der Waals surface area contributed by atoms with Gasteiger partial charge in [0.25, 0.3) is 0 Å². The Hall–Kier alpha value is -2.46. The molecular formula is C27H35N. The first-order valence-electron chi connectivity index (χ1n) is 10.5. The molecule has 0 spiro atoms. The Kier molecular flexibility index (Phi) is 8.40. The Bertz CT molecular complexity index is 805. The van der Waals surface area contributed by atoms with E-state index in [1.807, 2.05) is 0 Å². The molecule has 2 rings (SSSR count). The second-order valence-electron chi connectivity index (χ2n) is 7.93. The maximum absolute atomic E-state index is 5.52. The molecule has 148 valence electrons. The van der Waals surface area contributed by atoms with Crippen LogP contribution in [-0.2, 0) is 12.8 Å². The second kappa shape index (κ2) is 10.8. The Morgan fingerprint density at radius 1 is 1.11 bits per heavy atom. The van der Waals surface area contributed by atoms with E-state index in [1.165, 1.54) is 27.8 Å². The molecule has 0 radical (unpaired) electrons. The lowest BCUT2D eigenvalue weighted by Crippen LogP contribution is -2.12. The molecule has 0 heterocycles. The molecule has 0 bridgehead atoms. The van der Waals surface area contributed by atoms with E-state index in [0.29, 0.717) is 11.8 Å². The predicted octanol–water partition coefficient (Wildman–Crippen LogP) is 6.50. The fourth-order valence-electron chi connectivity index (χ4n) is 3.98. The summed E-state index contributed by atoms with van der Waals surface area (Å²) < 4.78 is 0. The molecule has 1 unspecified atom stereocenters. The van der Waals surface area contributed by atoms with Gasteiger partial charge in [-0.1, -0.05) is 57.5 Å². The molecule has 0 aliphatic heterocycles. The zero-order valence-corrected chi connectivity index (χ0v) is 18.0. The second-order valence-corrected chi connectivity index (χ2v) is 7.93. The maximum Gasteiger partial charge on any atom is 0.0242 e. The van der Waals surface area contributed by atoms with Crippen LogP contribution in [0.25, 0.3) is 0 Å². The van der Waals surface area contributed by atoms with Crippen LogP contribution in [-0.4, -0.2) is 6.54 Å². The number of hydrogen-bond donors (Lipinski definition) is 1. The summed E-state index contributed by atoms with van der Waals surface area (Å²) >= 11 is 0. The van der Waals surface area contributed by atoms with Gasteiger partial charge in [0.05, 0.1) is 0 Å². The zero-order chi connectivity index (χ0) is 20.5. The van der Waals surface area contributed by atoms with Gasteiger partial charge in [0.15, 0.2) is 0 Å². The highest BCUT2D eigenvalue weighted by molar-refractivity contribution is 5.40. The molecule has 1 heteroatoms. The number of benzene rings is 2. The highest BCUT2D eigenvalue weighted by atomic mass is 14.8. The van der Waals surface area contributed by atoms with Gasteiger partial charge in [-0.25, -0.2) is 0 Å². The van der Waals surface area contributed by atoms with Gasteiger partial charge < -0.3 is 5.32 Å². The summed E-state index contributed by atoms with van der Waals surface area (Å²) in [6, 6.07) is 13.4. The maximum atomic E-state index is 5.52. The summed E-state index contributed by atoms with van der Waals surface area (Å²) in [7, 11) is 0. The van der Waals surface area contributed by atoms with Gasteiger partial charge in [-0.15, -0.1) is 6.42 Å². The fourth-order valence-corrected chi connectivity index (χ4v) is 3.98. The van der Waals surface area contributed by atoms with E-state index in [2.05, 4.69) is 81.9 Å². The van der Waals surface area contributed by atoms with Crippen LogP contribution in [0.3, 0.4) is 0 Å². The molecule has 1 atom stereocenters. The summed E-state index contributed by atoms with van der Waals surface area (Å²) in [5.41, 5.74) is 8.23. The van der Waals surface area contributed by atoms with E-state index in [-0.39, 0.29) is 0 Å². The molecule has 0 aliphatic rings. The van der Waals surface area contributed by atoms with Crippen LogP contribution >= 0.6 is 0 Å². The fraction of sp³-hybridized carbons (Fsp3) is 0.407. The van der Waals surface area contributed by atoms with Crippen molar-refractivity contribution in [3.63, 3.8) is 0 Å². The van der Waals surface area contributed by atoms with Crippen LogP contribution in [0.1, 0.15) is 78.8 Å². The first-order valence-corrected chi connectivity index (χ1v) is 10.5. The van der Waals surface area contributed by atoms with Crippen LogP contribution in [0.5, 0.6) is 0 Å². The van der Waals surface area contributed by atoms with Crippen molar-refractivity contribution in [3.05, 3.63) is 82.6 Å². The van der Waals surface area contributed by atoms with Crippen molar-refractivity contribution in [1.29, 1.82) is 0 Å². The third-order valence-corrected chi connectivity index (χ3v) is 5.69. The van der Waals surface area contributed by atoms with Gasteiger partial charge in [0.2, 0.25) is 0 Å². The zero-order valence-electron chi connectivity index (χ0n) is 18.0. The highest BCUT2D eigenvalue weighted by Gasteiger charge is 2.15. The lowest BCUT2D eigenvalue weighted by Gasteiger charge is -2.21. The molecular weight excluding hydrogens is 338 g/mol. The molecule has 0 fully saturated rings. The number of rotatable bonds is 10. The van der Waals surface area contributed by atoms with Crippen molar-refractivity contribution in [1.82, 2.24) is 5.32 Å². The van der Waals surface area contributed by atoms with E-state index >= 15 is 0 Å². The molecule has 1 nitrogen and oxygen atoms in total. The third kappa shape index (κ3) is 5.77. The third-order valence-electron chi connectivity index (χ3n) is 5.69. The number of terminal acetylenes is 1. The summed E-state index contributed by atoms with van der Waals surface area (Å²) in [6.07, 6.45) is 11.7. The number of hydrogen-bond acceptors (Lipinski definition) is 1. The summed E-state index contributed by atoms with van der Waals surface area (Å²) in [6.45, 7) is 13.8. The van der Waals surface area contributed by atoms with Crippen molar-refractivity contribution >= 4 is 0 Å². The van der Waals surface area contributed by atoms with Crippen molar-refractivity contribution in [2.75, 3.05) is 6.54 Å². The van der Waals surface area contributed by atoms with Gasteiger partial charge in [0, 0.05) is 12.1 Å². The SMILES string of the molecule is C#Cc1ccc(C(CCNC=C)CCc2cc(CC)c(C)cc2C(C)C)cc1. The highest BCUT2D eigenvalue weighted by Crippen LogP contribution is 2.30. The van der Waals surface area contributed by atoms with Gasteiger partial charge in [0.1, 0.15) is 0 Å².